The van der Waals surface area contributed by atoms with Crippen LogP contribution in [-0.4, -0.2) is 24.4 Å². The van der Waals surface area contributed by atoms with E-state index in [1.807, 2.05) is 0 Å². The second-order valence-corrected chi connectivity index (χ2v) is 10.3. The molecule has 0 amide bonds. The van der Waals surface area contributed by atoms with Crippen LogP contribution in [0.2, 0.25) is 0 Å². The van der Waals surface area contributed by atoms with E-state index in [4.69, 9.17) is 0 Å². The molecule has 0 radical (unpaired) electrons. The predicted octanol–water partition coefficient (Wildman–Crippen LogP) is 1.13. The third-order valence-electron chi connectivity index (χ3n) is 0.320. The second-order valence-electron chi connectivity index (χ2n) is 2.67. The van der Waals surface area contributed by atoms with E-state index >= 15 is 0 Å². The molecule has 0 saturated carbocycles. The minimum absolute atomic E-state index is 0.656. The van der Waals surface area contributed by atoms with Crippen LogP contribution < -0.4 is 0 Å². The third-order valence-corrected chi connectivity index (χ3v) is 7.85. The van der Waals surface area contributed by atoms with Crippen molar-refractivity contribution in [3.8, 4) is 0 Å². The average Bonchev–Trinajstić information content (AvgIpc) is 1.35. The van der Waals surface area contributed by atoms with Gasteiger partial charge in [0.2, 0.25) is 0 Å². The molecule has 0 aliphatic heterocycles. The van der Waals surface area contributed by atoms with Crippen molar-refractivity contribution >= 4 is 7.26 Å². The molecule has 0 unspecified atom stereocenters. The topological polar surface area (TPSA) is 0 Å². The van der Waals surface area contributed by atoms with Crippen LogP contribution >= 0.6 is 7.26 Å². The Morgan fingerprint density at radius 3 is 1.50 bits per heavy atom. The normalized spacial score (nSPS) is 14.8. The average molecular weight is 288 g/mol. The SMILES string of the molecule is C[PH](C)(C)[CH2][Au]. The summed E-state index contributed by atoms with van der Waals surface area (Å²) in [5.74, 6) is 0. The third kappa shape index (κ3) is 5.17. The number of hydrogen-bond donors (Lipinski definition) is 0. The van der Waals surface area contributed by atoms with Gasteiger partial charge in [-0.25, -0.2) is 0 Å². The van der Waals surface area contributed by atoms with Crippen molar-refractivity contribution in [2.24, 2.45) is 0 Å². The molecule has 6 heavy (non-hydrogen) atoms. The summed E-state index contributed by atoms with van der Waals surface area (Å²) in [5.41, 5.74) is 0. The fourth-order valence-electron chi connectivity index (χ4n) is 0. The van der Waals surface area contributed by atoms with Crippen LogP contribution in [0.4, 0.5) is 0 Å². The quantitative estimate of drug-likeness (QED) is 0.501. The zero-order valence-electron chi connectivity index (χ0n) is 4.51. The molecule has 0 aromatic heterocycles. The van der Waals surface area contributed by atoms with Crippen molar-refractivity contribution in [3.05, 3.63) is 0 Å². The molecule has 2 heteroatoms. The van der Waals surface area contributed by atoms with Crippen LogP contribution in [0.1, 0.15) is 0 Å². The van der Waals surface area contributed by atoms with Gasteiger partial charge in [-0.3, -0.25) is 0 Å². The summed E-state index contributed by atoms with van der Waals surface area (Å²) in [5, 5.41) is 0. The summed E-state index contributed by atoms with van der Waals surface area (Å²) in [6.07, 6.45) is 0. The van der Waals surface area contributed by atoms with Crippen LogP contribution in [0.3, 0.4) is 0 Å². The molecule has 0 saturated heterocycles. The summed E-state index contributed by atoms with van der Waals surface area (Å²) in [6, 6.07) is 0. The first-order chi connectivity index (χ1) is 2.56. The van der Waals surface area contributed by atoms with Gasteiger partial charge in [0.05, 0.1) is 0 Å². The van der Waals surface area contributed by atoms with Gasteiger partial charge in [0.1, 0.15) is 0 Å². The monoisotopic (exact) mass is 288 g/mol. The molecule has 0 aromatic carbocycles. The molecule has 0 fully saturated rings. The summed E-state index contributed by atoms with van der Waals surface area (Å²) in [6.45, 7) is 7.10. The van der Waals surface area contributed by atoms with E-state index in [1.54, 1.807) is 0 Å². The van der Waals surface area contributed by atoms with Crippen LogP contribution in [0.5, 0.6) is 0 Å². The first kappa shape index (κ1) is 7.17. The van der Waals surface area contributed by atoms with E-state index in [9.17, 15) is 0 Å². The van der Waals surface area contributed by atoms with Crippen LogP contribution in [0.25, 0.3) is 0 Å². The number of rotatable bonds is 1. The Morgan fingerprint density at radius 1 is 1.33 bits per heavy atom. The maximum atomic E-state index is 2.61. The van der Waals surface area contributed by atoms with E-state index in [1.165, 1.54) is 4.38 Å². The van der Waals surface area contributed by atoms with Crippen molar-refractivity contribution in [1.29, 1.82) is 0 Å². The van der Waals surface area contributed by atoms with Crippen LogP contribution in [0.15, 0.2) is 0 Å². The van der Waals surface area contributed by atoms with E-state index in [0.29, 0.717) is 0 Å². The molecule has 0 aromatic rings. The van der Waals surface area contributed by atoms with Gasteiger partial charge in [0.25, 0.3) is 0 Å². The van der Waals surface area contributed by atoms with Crippen molar-refractivity contribution in [2.75, 3.05) is 24.4 Å². The van der Waals surface area contributed by atoms with Gasteiger partial charge in [-0.15, -0.1) is 0 Å². The van der Waals surface area contributed by atoms with Gasteiger partial charge in [0.15, 0.2) is 0 Å². The minimum atomic E-state index is -0.656. The molecule has 0 rings (SSSR count). The van der Waals surface area contributed by atoms with E-state index in [0.717, 1.165) is 0 Å². The molecule has 0 heterocycles. The van der Waals surface area contributed by atoms with Gasteiger partial charge in [-0.05, 0) is 0 Å². The van der Waals surface area contributed by atoms with Crippen LogP contribution in [0, 0.1) is 0 Å². The Kier molecular flexibility index (Phi) is 2.95. The van der Waals surface area contributed by atoms with Crippen molar-refractivity contribution in [3.63, 3.8) is 0 Å². The Labute approximate surface area is 53.0 Å². The van der Waals surface area contributed by atoms with Gasteiger partial charge in [-0.1, -0.05) is 0 Å². The standard InChI is InChI=1S/C4H12P.Au/c1-5(2,3)4;/h5H,1H2,2-4H3;. The maximum absolute atomic E-state index is 2.61. The van der Waals surface area contributed by atoms with Crippen molar-refractivity contribution in [1.82, 2.24) is 0 Å². The summed E-state index contributed by atoms with van der Waals surface area (Å²) < 4.78 is 1.35. The van der Waals surface area contributed by atoms with Gasteiger partial charge >= 0.3 is 52.7 Å². The molecule has 0 N–H and O–H groups in total. The Balaban J connectivity index is 3.17. The summed E-state index contributed by atoms with van der Waals surface area (Å²) in [4.78, 5) is 0. The number of hydrogen-bond acceptors (Lipinski definition) is 0. The summed E-state index contributed by atoms with van der Waals surface area (Å²) >= 11 is 2.61. The van der Waals surface area contributed by atoms with Crippen molar-refractivity contribution < 1.29 is 21.1 Å². The first-order valence-electron chi connectivity index (χ1n) is 2.07. The second kappa shape index (κ2) is 2.47. The van der Waals surface area contributed by atoms with E-state index in [-0.39, 0.29) is 0 Å². The Morgan fingerprint density at radius 2 is 1.50 bits per heavy atom. The fraction of sp³-hybridized carbons (Fsp3) is 1.00. The van der Waals surface area contributed by atoms with Crippen LogP contribution in [-0.2, 0) is 21.1 Å². The van der Waals surface area contributed by atoms with Gasteiger partial charge in [0, 0.05) is 0 Å². The zero-order valence-corrected chi connectivity index (χ0v) is 7.68. The molecule has 44 valence electrons. The van der Waals surface area contributed by atoms with E-state index < -0.39 is 7.26 Å². The van der Waals surface area contributed by atoms with E-state index in [2.05, 4.69) is 41.1 Å². The molecule has 0 spiro atoms. The fourth-order valence-corrected chi connectivity index (χ4v) is 0. The molecule has 0 aliphatic rings. The molecule has 0 atom stereocenters. The Bertz CT molecular complexity index is 37.3. The molecular formula is C4H12AuP. The summed E-state index contributed by atoms with van der Waals surface area (Å²) in [7, 11) is -0.656. The molecule has 0 bridgehead atoms. The molecular weight excluding hydrogens is 276 g/mol. The zero-order chi connectivity index (χ0) is 5.21. The van der Waals surface area contributed by atoms with Gasteiger partial charge in [-0.2, -0.15) is 0 Å². The predicted molar refractivity (Wildman–Crippen MR) is 31.0 cm³/mol. The molecule has 0 aliphatic carbocycles. The first-order valence-corrected chi connectivity index (χ1v) is 7.31. The van der Waals surface area contributed by atoms with Gasteiger partial charge < -0.3 is 0 Å². The molecule has 0 nitrogen and oxygen atoms in total. The van der Waals surface area contributed by atoms with Crippen molar-refractivity contribution in [2.45, 2.75) is 0 Å². The Hall–Kier alpha value is 1.17.